The van der Waals surface area contributed by atoms with Gasteiger partial charge in [-0.15, -0.1) is 33.3 Å². The van der Waals surface area contributed by atoms with Crippen molar-refractivity contribution in [3.63, 3.8) is 0 Å². The molecule has 0 spiro atoms. The van der Waals surface area contributed by atoms with Crippen molar-refractivity contribution in [2.24, 2.45) is 5.10 Å². The maximum Gasteiger partial charge on any atom is 0.264 e. The maximum absolute atomic E-state index is 12.2. The van der Waals surface area contributed by atoms with Gasteiger partial charge in [0.1, 0.15) is 0 Å². The molecule has 0 saturated carbocycles. The van der Waals surface area contributed by atoms with Crippen LogP contribution in [0.4, 0.5) is 11.6 Å². The Morgan fingerprint density at radius 3 is 2.96 bits per heavy atom. The van der Waals surface area contributed by atoms with Crippen molar-refractivity contribution in [3.8, 4) is 0 Å². The molecule has 2 aromatic heterocycles. The number of amides is 1. The Bertz CT molecular complexity index is 924. The first-order chi connectivity index (χ1) is 13.2. The molecule has 3 rings (SSSR count). The van der Waals surface area contributed by atoms with Crippen LogP contribution in [0.15, 0.2) is 56.9 Å². The largest absolute Gasteiger partial charge is 0.334 e. The van der Waals surface area contributed by atoms with Crippen molar-refractivity contribution in [2.75, 3.05) is 28.6 Å². The first-order valence-corrected chi connectivity index (χ1v) is 10.8. The van der Waals surface area contributed by atoms with Crippen LogP contribution < -0.4 is 16.6 Å². The van der Waals surface area contributed by atoms with Crippen LogP contribution in [0.2, 0.25) is 0 Å². The van der Waals surface area contributed by atoms with Crippen LogP contribution >= 0.6 is 34.9 Å². The van der Waals surface area contributed by atoms with Crippen molar-refractivity contribution in [2.45, 2.75) is 10.1 Å². The Morgan fingerprint density at radius 1 is 1.33 bits per heavy atom. The van der Waals surface area contributed by atoms with Crippen molar-refractivity contribution in [1.82, 2.24) is 14.9 Å². The second-order valence-corrected chi connectivity index (χ2v) is 7.87. The highest BCUT2D eigenvalue weighted by Gasteiger charge is 2.13. The lowest BCUT2D eigenvalue weighted by Gasteiger charge is -2.08. The fraction of sp³-hybridized carbons (Fsp3) is 0.125. The number of aromatic nitrogens is 3. The summed E-state index contributed by atoms with van der Waals surface area (Å²) in [5, 5.41) is 17.2. The Hall–Kier alpha value is -2.50. The van der Waals surface area contributed by atoms with Crippen LogP contribution in [-0.2, 0) is 4.79 Å². The summed E-state index contributed by atoms with van der Waals surface area (Å²) in [6, 6.07) is 11.5. The zero-order valence-corrected chi connectivity index (χ0v) is 16.8. The number of hydrogen-bond donors (Lipinski definition) is 3. The molecule has 0 atom stereocenters. The lowest BCUT2D eigenvalue weighted by atomic mass is 10.3. The van der Waals surface area contributed by atoms with E-state index in [1.807, 2.05) is 48.0 Å². The van der Waals surface area contributed by atoms with E-state index in [1.165, 1.54) is 16.4 Å². The number of carbonyl (C=O) groups is 1. The summed E-state index contributed by atoms with van der Waals surface area (Å²) in [6.45, 7) is 0. The fourth-order valence-corrected chi connectivity index (χ4v) is 3.83. The molecule has 0 radical (unpaired) electrons. The van der Waals surface area contributed by atoms with Gasteiger partial charge < -0.3 is 11.2 Å². The third kappa shape index (κ3) is 5.25. The normalized spacial score (nSPS) is 11.0. The molecule has 4 N–H and O–H groups in total. The lowest BCUT2D eigenvalue weighted by molar-refractivity contribution is -0.113. The van der Waals surface area contributed by atoms with Crippen LogP contribution in [-0.4, -0.2) is 39.0 Å². The van der Waals surface area contributed by atoms with Gasteiger partial charge in [0.25, 0.3) is 5.95 Å². The number of thioether (sulfide) groups is 2. The summed E-state index contributed by atoms with van der Waals surface area (Å²) in [4.78, 5) is 14.2. The summed E-state index contributed by atoms with van der Waals surface area (Å²) in [7, 11) is 0. The van der Waals surface area contributed by atoms with Crippen LogP contribution in [0, 0.1) is 0 Å². The minimum atomic E-state index is -0.144. The highest BCUT2D eigenvalue weighted by Crippen LogP contribution is 2.25. The molecule has 2 heterocycles. The number of para-hydroxylation sites is 1. The number of hydrogen-bond acceptors (Lipinski definition) is 9. The van der Waals surface area contributed by atoms with Crippen molar-refractivity contribution >= 4 is 58.6 Å². The standard InChI is InChI=1S/C16H17N7OS3/c1-25-13-7-3-2-6-12(13)19-14(24)10-27-16-22-21-15(23(16)17)20-18-9-11-5-4-8-26-11/h2-9H,10,17H2,1H3,(H,19,24)(H,20,21)/b18-9+. The number of nitrogen functional groups attached to an aromatic ring is 1. The fourth-order valence-electron chi connectivity index (χ4n) is 2.03. The Labute approximate surface area is 168 Å². The average molecular weight is 420 g/mol. The minimum absolute atomic E-state index is 0.144. The quantitative estimate of drug-likeness (QED) is 0.223. The molecule has 11 heteroatoms. The molecule has 0 bridgehead atoms. The van der Waals surface area contributed by atoms with Gasteiger partial charge in [-0.1, -0.05) is 30.0 Å². The molecule has 0 aliphatic rings. The third-order valence-corrected chi connectivity index (χ3v) is 5.82. The highest BCUT2D eigenvalue weighted by atomic mass is 32.2. The maximum atomic E-state index is 12.2. The molecule has 3 aromatic rings. The predicted octanol–water partition coefficient (Wildman–Crippen LogP) is 2.95. The lowest BCUT2D eigenvalue weighted by Crippen LogP contribution is -2.17. The minimum Gasteiger partial charge on any atom is -0.334 e. The summed E-state index contributed by atoms with van der Waals surface area (Å²) in [5.41, 5.74) is 3.53. The molecule has 8 nitrogen and oxygen atoms in total. The zero-order valence-electron chi connectivity index (χ0n) is 14.3. The first kappa shape index (κ1) is 19.3. The molecule has 27 heavy (non-hydrogen) atoms. The van der Waals surface area contributed by atoms with E-state index in [4.69, 9.17) is 5.84 Å². The van der Waals surface area contributed by atoms with Gasteiger partial charge in [-0.3, -0.25) is 4.79 Å². The Balaban J connectivity index is 1.53. The van der Waals surface area contributed by atoms with Crippen LogP contribution in [0.3, 0.4) is 0 Å². The van der Waals surface area contributed by atoms with E-state index in [0.717, 1.165) is 15.5 Å². The molecular weight excluding hydrogens is 402 g/mol. The summed E-state index contributed by atoms with van der Waals surface area (Å²) >= 11 is 4.34. The number of nitrogens with one attached hydrogen (secondary N) is 2. The average Bonchev–Trinajstić information content (AvgIpc) is 3.31. The SMILES string of the molecule is CSc1ccccc1NC(=O)CSc1nnc(N/N=C/c2cccs2)n1N. The van der Waals surface area contributed by atoms with E-state index in [0.29, 0.717) is 11.1 Å². The topological polar surface area (TPSA) is 110 Å². The summed E-state index contributed by atoms with van der Waals surface area (Å²) in [6.07, 6.45) is 3.63. The van der Waals surface area contributed by atoms with Gasteiger partial charge in [-0.05, 0) is 29.8 Å². The molecule has 1 aromatic carbocycles. The van der Waals surface area contributed by atoms with Gasteiger partial charge in [0.05, 0.1) is 17.7 Å². The number of anilines is 2. The molecule has 0 aliphatic heterocycles. The molecular formula is C16H17N7OS3. The van der Waals surface area contributed by atoms with Crippen LogP contribution in [0.5, 0.6) is 0 Å². The van der Waals surface area contributed by atoms with E-state index in [-0.39, 0.29) is 11.7 Å². The van der Waals surface area contributed by atoms with Crippen LogP contribution in [0.25, 0.3) is 0 Å². The van der Waals surface area contributed by atoms with Crippen molar-refractivity contribution < 1.29 is 4.79 Å². The summed E-state index contributed by atoms with van der Waals surface area (Å²) in [5.74, 6) is 6.26. The first-order valence-electron chi connectivity index (χ1n) is 7.76. The monoisotopic (exact) mass is 419 g/mol. The van der Waals surface area contributed by atoms with Gasteiger partial charge >= 0.3 is 0 Å². The number of benzene rings is 1. The van der Waals surface area contributed by atoms with E-state index in [1.54, 1.807) is 29.3 Å². The highest BCUT2D eigenvalue weighted by molar-refractivity contribution is 7.99. The number of hydrazone groups is 1. The van der Waals surface area contributed by atoms with Crippen molar-refractivity contribution in [3.05, 3.63) is 46.7 Å². The van der Waals surface area contributed by atoms with Gasteiger partial charge in [0.2, 0.25) is 11.1 Å². The molecule has 0 aliphatic carbocycles. The molecule has 1 amide bonds. The zero-order chi connectivity index (χ0) is 19.1. The second-order valence-electron chi connectivity index (χ2n) is 5.10. The third-order valence-electron chi connectivity index (χ3n) is 3.28. The van der Waals surface area contributed by atoms with Gasteiger partial charge in [0.15, 0.2) is 0 Å². The smallest absolute Gasteiger partial charge is 0.264 e. The van der Waals surface area contributed by atoms with Gasteiger partial charge in [-0.2, -0.15) is 5.10 Å². The molecule has 0 fully saturated rings. The number of thiophene rings is 1. The van der Waals surface area contributed by atoms with E-state index >= 15 is 0 Å². The van der Waals surface area contributed by atoms with Crippen LogP contribution in [0.1, 0.15) is 4.88 Å². The van der Waals surface area contributed by atoms with E-state index in [2.05, 4.69) is 26.0 Å². The van der Waals surface area contributed by atoms with E-state index in [9.17, 15) is 4.79 Å². The number of carbonyl (C=O) groups excluding carboxylic acids is 1. The number of nitrogens with two attached hydrogens (primary N) is 1. The summed E-state index contributed by atoms with van der Waals surface area (Å²) < 4.78 is 1.26. The van der Waals surface area contributed by atoms with E-state index < -0.39 is 0 Å². The number of nitrogens with zero attached hydrogens (tertiary/aromatic N) is 4. The number of rotatable bonds is 8. The van der Waals surface area contributed by atoms with Gasteiger partial charge in [-0.25, -0.2) is 10.1 Å². The molecule has 0 saturated heterocycles. The predicted molar refractivity (Wildman–Crippen MR) is 113 cm³/mol. The second kappa shape index (κ2) is 9.44. The molecule has 0 unspecified atom stereocenters. The Morgan fingerprint density at radius 2 is 2.19 bits per heavy atom. The van der Waals surface area contributed by atoms with Gasteiger partial charge in [0, 0.05) is 9.77 Å². The Kier molecular flexibility index (Phi) is 6.74. The van der Waals surface area contributed by atoms with Crippen molar-refractivity contribution in [1.29, 1.82) is 0 Å². The molecule has 140 valence electrons.